The number of methoxy groups -OCH3 is 1. The van der Waals surface area contributed by atoms with Crippen LogP contribution < -0.4 is 0 Å². The summed E-state index contributed by atoms with van der Waals surface area (Å²) >= 11 is 1.52. The summed E-state index contributed by atoms with van der Waals surface area (Å²) in [4.78, 5) is 20.0. The van der Waals surface area contributed by atoms with Crippen LogP contribution in [0.4, 0.5) is 0 Å². The monoisotopic (exact) mass is 284 g/mol. The van der Waals surface area contributed by atoms with Crippen LogP contribution in [-0.2, 0) is 16.0 Å². The molecule has 0 aliphatic rings. The third-order valence-electron chi connectivity index (χ3n) is 2.95. The lowest BCUT2D eigenvalue weighted by atomic mass is 10.1. The first-order chi connectivity index (χ1) is 9.76. The van der Waals surface area contributed by atoms with Gasteiger partial charge in [0.15, 0.2) is 0 Å². The van der Waals surface area contributed by atoms with Crippen LogP contribution >= 0.6 is 11.3 Å². The van der Waals surface area contributed by atoms with Gasteiger partial charge in [0.2, 0.25) is 0 Å². The van der Waals surface area contributed by atoms with Crippen LogP contribution in [0.25, 0.3) is 21.5 Å². The second-order valence-electron chi connectivity index (χ2n) is 4.31. The van der Waals surface area contributed by atoms with E-state index >= 15 is 0 Å². The lowest BCUT2D eigenvalue weighted by Crippen LogP contribution is -2.04. The Hall–Kier alpha value is -2.27. The highest BCUT2D eigenvalue weighted by molar-refractivity contribution is 7.13. The molecule has 100 valence electrons. The predicted molar refractivity (Wildman–Crippen MR) is 78.6 cm³/mol. The second kappa shape index (κ2) is 5.38. The maximum absolute atomic E-state index is 11.2. The van der Waals surface area contributed by atoms with Gasteiger partial charge in [-0.25, -0.2) is 4.98 Å². The molecule has 0 aliphatic carbocycles. The van der Waals surface area contributed by atoms with Gasteiger partial charge >= 0.3 is 5.97 Å². The molecule has 0 aliphatic heterocycles. The maximum atomic E-state index is 11.2. The molecule has 0 unspecified atom stereocenters. The van der Waals surface area contributed by atoms with E-state index in [-0.39, 0.29) is 12.4 Å². The molecule has 0 saturated heterocycles. The summed E-state index contributed by atoms with van der Waals surface area (Å²) in [5.41, 5.74) is 2.73. The standard InChI is InChI=1S/C15H12N2O2S/c1-19-14(18)8-12-9-20-15(17-12)11-4-5-13-10(7-11)3-2-6-16-13/h2-7,9H,8H2,1H3. The van der Waals surface area contributed by atoms with Crippen LogP contribution in [0.5, 0.6) is 0 Å². The minimum Gasteiger partial charge on any atom is -0.469 e. The Morgan fingerprint density at radius 2 is 2.25 bits per heavy atom. The van der Waals surface area contributed by atoms with Gasteiger partial charge in [0.05, 0.1) is 24.7 Å². The summed E-state index contributed by atoms with van der Waals surface area (Å²) in [6.07, 6.45) is 1.99. The summed E-state index contributed by atoms with van der Waals surface area (Å²) in [6.45, 7) is 0. The molecular formula is C15H12N2O2S. The quantitative estimate of drug-likeness (QED) is 0.694. The average Bonchev–Trinajstić information content (AvgIpc) is 2.95. The zero-order valence-corrected chi connectivity index (χ0v) is 11.7. The van der Waals surface area contributed by atoms with Gasteiger partial charge in [-0.2, -0.15) is 0 Å². The molecule has 2 heterocycles. The summed E-state index contributed by atoms with van der Waals surface area (Å²) < 4.78 is 4.64. The number of pyridine rings is 1. The molecule has 0 radical (unpaired) electrons. The van der Waals surface area contributed by atoms with Gasteiger partial charge in [0.1, 0.15) is 5.01 Å². The summed E-state index contributed by atoms with van der Waals surface area (Å²) in [7, 11) is 1.38. The number of hydrogen-bond donors (Lipinski definition) is 0. The number of carbonyl (C=O) groups excluding carboxylic acids is 1. The largest absolute Gasteiger partial charge is 0.469 e. The van der Waals surface area contributed by atoms with Crippen molar-refractivity contribution in [1.29, 1.82) is 0 Å². The van der Waals surface area contributed by atoms with E-state index in [2.05, 4.69) is 20.8 Å². The third-order valence-corrected chi connectivity index (χ3v) is 3.90. The highest BCUT2D eigenvalue weighted by Gasteiger charge is 2.09. The average molecular weight is 284 g/mol. The van der Waals surface area contributed by atoms with Crippen molar-refractivity contribution in [3.8, 4) is 10.6 Å². The summed E-state index contributed by atoms with van der Waals surface area (Å²) in [6, 6.07) is 9.97. The van der Waals surface area contributed by atoms with Crippen LogP contribution in [0.3, 0.4) is 0 Å². The molecule has 0 bridgehead atoms. The van der Waals surface area contributed by atoms with Crippen molar-refractivity contribution in [2.75, 3.05) is 7.11 Å². The van der Waals surface area contributed by atoms with Crippen LogP contribution in [0.2, 0.25) is 0 Å². The van der Waals surface area contributed by atoms with Crippen LogP contribution in [-0.4, -0.2) is 23.0 Å². The van der Waals surface area contributed by atoms with Crippen molar-refractivity contribution in [3.05, 3.63) is 47.6 Å². The maximum Gasteiger partial charge on any atom is 0.311 e. The zero-order valence-electron chi connectivity index (χ0n) is 10.9. The Balaban J connectivity index is 1.92. The Labute approximate surface area is 120 Å². The molecule has 1 aromatic carbocycles. The number of ether oxygens (including phenoxy) is 1. The van der Waals surface area contributed by atoms with Crippen LogP contribution in [0, 0.1) is 0 Å². The molecule has 0 atom stereocenters. The minimum atomic E-state index is -0.274. The van der Waals surface area contributed by atoms with E-state index in [4.69, 9.17) is 0 Å². The lowest BCUT2D eigenvalue weighted by Gasteiger charge is -2.00. The number of thiazole rings is 1. The molecule has 2 aromatic heterocycles. The molecule has 3 rings (SSSR count). The topological polar surface area (TPSA) is 52.1 Å². The van der Waals surface area contributed by atoms with Crippen molar-refractivity contribution in [1.82, 2.24) is 9.97 Å². The molecule has 4 nitrogen and oxygen atoms in total. The third kappa shape index (κ3) is 2.53. The fourth-order valence-corrected chi connectivity index (χ4v) is 2.77. The summed E-state index contributed by atoms with van der Waals surface area (Å²) in [5, 5.41) is 3.86. The Morgan fingerprint density at radius 1 is 1.35 bits per heavy atom. The molecule has 20 heavy (non-hydrogen) atoms. The summed E-state index contributed by atoms with van der Waals surface area (Å²) in [5.74, 6) is -0.274. The highest BCUT2D eigenvalue weighted by atomic mass is 32.1. The minimum absolute atomic E-state index is 0.210. The Kier molecular flexibility index (Phi) is 3.43. The molecule has 0 fully saturated rings. The fourth-order valence-electron chi connectivity index (χ4n) is 1.95. The molecule has 5 heteroatoms. The number of hydrogen-bond acceptors (Lipinski definition) is 5. The van der Waals surface area contributed by atoms with Crippen molar-refractivity contribution in [2.45, 2.75) is 6.42 Å². The molecule has 0 amide bonds. The SMILES string of the molecule is COC(=O)Cc1csc(-c2ccc3ncccc3c2)n1. The molecule has 0 spiro atoms. The number of nitrogens with zero attached hydrogens (tertiary/aromatic N) is 2. The van der Waals surface area contributed by atoms with E-state index < -0.39 is 0 Å². The predicted octanol–water partition coefficient (Wildman–Crippen LogP) is 3.07. The Morgan fingerprint density at radius 3 is 3.10 bits per heavy atom. The van der Waals surface area contributed by atoms with Crippen molar-refractivity contribution < 1.29 is 9.53 Å². The van der Waals surface area contributed by atoms with E-state index in [1.807, 2.05) is 29.6 Å². The molecule has 0 N–H and O–H groups in total. The number of esters is 1. The van der Waals surface area contributed by atoms with Crippen LogP contribution in [0.1, 0.15) is 5.69 Å². The van der Waals surface area contributed by atoms with E-state index in [1.165, 1.54) is 18.4 Å². The van der Waals surface area contributed by atoms with Crippen molar-refractivity contribution in [3.63, 3.8) is 0 Å². The normalized spacial score (nSPS) is 10.7. The van der Waals surface area contributed by atoms with Crippen LogP contribution in [0.15, 0.2) is 41.9 Å². The van der Waals surface area contributed by atoms with Gasteiger partial charge in [-0.15, -0.1) is 11.3 Å². The first-order valence-electron chi connectivity index (χ1n) is 6.12. The van der Waals surface area contributed by atoms with E-state index in [1.54, 1.807) is 6.20 Å². The van der Waals surface area contributed by atoms with E-state index in [0.717, 1.165) is 27.2 Å². The first-order valence-corrected chi connectivity index (χ1v) is 7.00. The Bertz CT molecular complexity index is 767. The molecule has 3 aromatic rings. The highest BCUT2D eigenvalue weighted by Crippen LogP contribution is 2.26. The lowest BCUT2D eigenvalue weighted by molar-refractivity contribution is -0.139. The van der Waals surface area contributed by atoms with Gasteiger partial charge in [0.25, 0.3) is 0 Å². The number of fused-ring (bicyclic) bond motifs is 1. The first kappa shape index (κ1) is 12.7. The van der Waals surface area contributed by atoms with Gasteiger partial charge in [-0.05, 0) is 24.3 Å². The smallest absolute Gasteiger partial charge is 0.311 e. The van der Waals surface area contributed by atoms with E-state index in [0.29, 0.717) is 0 Å². The van der Waals surface area contributed by atoms with Crippen molar-refractivity contribution >= 4 is 28.2 Å². The van der Waals surface area contributed by atoms with E-state index in [9.17, 15) is 4.79 Å². The van der Waals surface area contributed by atoms with Gasteiger partial charge in [-0.1, -0.05) is 6.07 Å². The molecular weight excluding hydrogens is 272 g/mol. The van der Waals surface area contributed by atoms with Gasteiger partial charge in [-0.3, -0.25) is 9.78 Å². The number of aromatic nitrogens is 2. The van der Waals surface area contributed by atoms with Gasteiger partial charge < -0.3 is 4.74 Å². The van der Waals surface area contributed by atoms with Gasteiger partial charge in [0, 0.05) is 22.5 Å². The van der Waals surface area contributed by atoms with Crippen molar-refractivity contribution in [2.24, 2.45) is 0 Å². The number of rotatable bonds is 3. The molecule has 0 saturated carbocycles. The number of benzene rings is 1. The zero-order chi connectivity index (χ0) is 13.9. The number of carbonyl (C=O) groups is 1. The fraction of sp³-hybridized carbons (Fsp3) is 0.133. The second-order valence-corrected chi connectivity index (χ2v) is 5.17.